The standard InChI is InChI=1S/C50H101NO5Si/c1-9-10-11-12-13-14-15-16-17-18-19-20-21-22-24-27-43-54-50(56-57(7,8)55-44-28-25-23-26-38-51(39-41-52)40-42-53)45-49(6)37-31-36-48(5)35-30-34-47(4)33-29-32-46(2)3/h13-14,16-17,46-50,52-53H,9-12,15,18-45H2,1-8H3/b14-13-,17-16-. The van der Waals surface area contributed by atoms with Gasteiger partial charge in [0.25, 0.3) is 0 Å². The predicted molar refractivity (Wildman–Crippen MR) is 251 cm³/mol. The summed E-state index contributed by atoms with van der Waals surface area (Å²) in [5.41, 5.74) is 0. The molecule has 0 aromatic carbocycles. The summed E-state index contributed by atoms with van der Waals surface area (Å²) in [6, 6.07) is 0. The summed E-state index contributed by atoms with van der Waals surface area (Å²) in [6.07, 6.45) is 41.7. The Hall–Kier alpha value is -0.543. The fraction of sp³-hybridized carbons (Fsp3) is 0.920. The van der Waals surface area contributed by atoms with Gasteiger partial charge in [-0.2, -0.15) is 0 Å². The lowest BCUT2D eigenvalue weighted by Gasteiger charge is -2.30. The van der Waals surface area contributed by atoms with Crippen molar-refractivity contribution >= 4 is 8.56 Å². The number of hydrogen-bond acceptors (Lipinski definition) is 6. The van der Waals surface area contributed by atoms with Crippen molar-refractivity contribution in [3.63, 3.8) is 0 Å². The smallest absolute Gasteiger partial charge is 0.333 e. The van der Waals surface area contributed by atoms with E-state index in [0.29, 0.717) is 19.0 Å². The minimum absolute atomic E-state index is 0.144. The van der Waals surface area contributed by atoms with E-state index in [9.17, 15) is 10.2 Å². The molecular formula is C50H101NO5Si. The normalized spacial score (nSPS) is 14.8. The number of unbranched alkanes of at least 4 members (excludes halogenated alkanes) is 12. The fourth-order valence-corrected chi connectivity index (χ4v) is 9.27. The molecule has 0 rings (SSSR count). The predicted octanol–water partition coefficient (Wildman–Crippen LogP) is 14.2. The summed E-state index contributed by atoms with van der Waals surface area (Å²) in [5, 5.41) is 18.5. The van der Waals surface area contributed by atoms with Gasteiger partial charge in [-0.3, -0.25) is 4.90 Å². The first-order valence-corrected chi connectivity index (χ1v) is 27.5. The molecule has 4 unspecified atom stereocenters. The highest BCUT2D eigenvalue weighted by molar-refractivity contribution is 6.64. The number of ether oxygens (including phenoxy) is 1. The van der Waals surface area contributed by atoms with E-state index in [0.717, 1.165) is 82.5 Å². The van der Waals surface area contributed by atoms with Crippen molar-refractivity contribution in [3.05, 3.63) is 24.3 Å². The summed E-state index contributed by atoms with van der Waals surface area (Å²) in [6.45, 7) is 22.6. The van der Waals surface area contributed by atoms with Gasteiger partial charge in [0, 0.05) is 32.7 Å². The van der Waals surface area contributed by atoms with Crippen LogP contribution < -0.4 is 0 Å². The molecule has 0 amide bonds. The third-order valence-corrected chi connectivity index (χ3v) is 13.3. The number of rotatable bonds is 44. The third kappa shape index (κ3) is 40.6. The lowest BCUT2D eigenvalue weighted by Crippen LogP contribution is -2.41. The second-order valence-electron chi connectivity index (χ2n) is 18.7. The van der Waals surface area contributed by atoms with E-state index in [1.54, 1.807) is 0 Å². The van der Waals surface area contributed by atoms with Crippen molar-refractivity contribution in [2.24, 2.45) is 23.7 Å². The number of allylic oxidation sites excluding steroid dienone is 4. The summed E-state index contributed by atoms with van der Waals surface area (Å²) in [4.78, 5) is 2.14. The third-order valence-electron chi connectivity index (χ3n) is 11.6. The maximum absolute atomic E-state index is 9.25. The summed E-state index contributed by atoms with van der Waals surface area (Å²) < 4.78 is 19.7. The molecule has 6 nitrogen and oxygen atoms in total. The molecule has 0 fully saturated rings. The minimum Gasteiger partial charge on any atom is -0.395 e. The fourth-order valence-electron chi connectivity index (χ4n) is 7.77. The zero-order valence-corrected chi connectivity index (χ0v) is 40.6. The molecule has 4 atom stereocenters. The van der Waals surface area contributed by atoms with E-state index in [4.69, 9.17) is 13.6 Å². The Morgan fingerprint density at radius 2 is 1.02 bits per heavy atom. The van der Waals surface area contributed by atoms with Gasteiger partial charge in [0.15, 0.2) is 0 Å². The molecule has 0 aromatic heterocycles. The molecule has 340 valence electrons. The Bertz CT molecular complexity index is 877. The quantitative estimate of drug-likeness (QED) is 0.0276. The molecule has 57 heavy (non-hydrogen) atoms. The van der Waals surface area contributed by atoms with Crippen molar-refractivity contribution < 1.29 is 23.8 Å². The van der Waals surface area contributed by atoms with E-state index in [1.807, 2.05) is 0 Å². The highest BCUT2D eigenvalue weighted by atomic mass is 28.4. The number of aliphatic hydroxyl groups is 2. The van der Waals surface area contributed by atoms with E-state index < -0.39 is 8.56 Å². The summed E-state index contributed by atoms with van der Waals surface area (Å²) in [7, 11) is -2.34. The van der Waals surface area contributed by atoms with Crippen LogP contribution in [0, 0.1) is 23.7 Å². The van der Waals surface area contributed by atoms with Crippen LogP contribution in [0.4, 0.5) is 0 Å². The maximum Gasteiger partial charge on any atom is 0.333 e. The SMILES string of the molecule is CCCCC/C=C\C/C=C\CCCCCCCCOC(CC(C)CCCC(C)CCCC(C)CCCC(C)C)O[Si](C)(C)OCCCCCCN(CCO)CCO. The first-order chi connectivity index (χ1) is 27.5. The van der Waals surface area contributed by atoms with Crippen molar-refractivity contribution in [2.75, 3.05) is 46.1 Å². The van der Waals surface area contributed by atoms with Gasteiger partial charge in [0.1, 0.15) is 6.29 Å². The molecule has 7 heteroatoms. The Morgan fingerprint density at radius 1 is 0.526 bits per heavy atom. The van der Waals surface area contributed by atoms with Crippen molar-refractivity contribution in [3.8, 4) is 0 Å². The molecule has 0 saturated carbocycles. The van der Waals surface area contributed by atoms with E-state index in [1.165, 1.54) is 122 Å². The van der Waals surface area contributed by atoms with Crippen LogP contribution in [0.5, 0.6) is 0 Å². The lowest BCUT2D eigenvalue weighted by atomic mass is 9.91. The van der Waals surface area contributed by atoms with Crippen LogP contribution in [0.25, 0.3) is 0 Å². The Morgan fingerprint density at radius 3 is 1.58 bits per heavy atom. The van der Waals surface area contributed by atoms with Crippen LogP contribution in [0.2, 0.25) is 13.1 Å². The molecule has 0 aliphatic rings. The number of nitrogens with zero attached hydrogens (tertiary/aromatic N) is 1. The molecule has 0 spiro atoms. The van der Waals surface area contributed by atoms with Crippen LogP contribution in [-0.4, -0.2) is 76.0 Å². The van der Waals surface area contributed by atoms with Crippen LogP contribution >= 0.6 is 0 Å². The van der Waals surface area contributed by atoms with Gasteiger partial charge in [-0.25, -0.2) is 0 Å². The number of aliphatic hydroxyl groups excluding tert-OH is 2. The molecule has 0 heterocycles. The Kier molecular flexibility index (Phi) is 40.5. The number of hydrogen-bond donors (Lipinski definition) is 2. The first-order valence-electron chi connectivity index (χ1n) is 24.7. The second kappa shape index (κ2) is 40.8. The zero-order valence-electron chi connectivity index (χ0n) is 39.6. The Labute approximate surface area is 358 Å². The molecule has 0 aromatic rings. The van der Waals surface area contributed by atoms with E-state index in [2.05, 4.69) is 83.8 Å². The highest BCUT2D eigenvalue weighted by Gasteiger charge is 2.30. The molecule has 2 N–H and O–H groups in total. The molecular weight excluding hydrogens is 723 g/mol. The average molecular weight is 824 g/mol. The largest absolute Gasteiger partial charge is 0.395 e. The Balaban J connectivity index is 4.61. The van der Waals surface area contributed by atoms with Crippen LogP contribution in [-0.2, 0) is 13.6 Å². The van der Waals surface area contributed by atoms with Gasteiger partial charge >= 0.3 is 8.56 Å². The van der Waals surface area contributed by atoms with Crippen molar-refractivity contribution in [2.45, 2.75) is 228 Å². The highest BCUT2D eigenvalue weighted by Crippen LogP contribution is 2.25. The van der Waals surface area contributed by atoms with Gasteiger partial charge < -0.3 is 23.8 Å². The first kappa shape index (κ1) is 56.5. The topological polar surface area (TPSA) is 71.4 Å². The van der Waals surface area contributed by atoms with Crippen molar-refractivity contribution in [1.29, 1.82) is 0 Å². The lowest BCUT2D eigenvalue weighted by molar-refractivity contribution is -0.110. The molecule has 0 aliphatic carbocycles. The van der Waals surface area contributed by atoms with Crippen molar-refractivity contribution in [1.82, 2.24) is 4.90 Å². The van der Waals surface area contributed by atoms with Crippen LogP contribution in [0.1, 0.15) is 208 Å². The molecule has 0 aliphatic heterocycles. The minimum atomic E-state index is -2.34. The van der Waals surface area contributed by atoms with Gasteiger partial charge in [-0.1, -0.05) is 175 Å². The molecule has 0 bridgehead atoms. The summed E-state index contributed by atoms with van der Waals surface area (Å²) >= 11 is 0. The molecule has 0 saturated heterocycles. The van der Waals surface area contributed by atoms with Gasteiger partial charge in [0.05, 0.1) is 13.2 Å². The van der Waals surface area contributed by atoms with Gasteiger partial charge in [-0.05, 0) is 94.7 Å². The molecule has 0 radical (unpaired) electrons. The summed E-state index contributed by atoms with van der Waals surface area (Å²) in [5.74, 6) is 3.09. The average Bonchev–Trinajstić information content (AvgIpc) is 3.15. The monoisotopic (exact) mass is 824 g/mol. The van der Waals surface area contributed by atoms with Gasteiger partial charge in [-0.15, -0.1) is 0 Å². The maximum atomic E-state index is 9.25. The zero-order chi connectivity index (χ0) is 42.2. The van der Waals surface area contributed by atoms with E-state index in [-0.39, 0.29) is 19.5 Å². The van der Waals surface area contributed by atoms with Crippen LogP contribution in [0.15, 0.2) is 24.3 Å². The van der Waals surface area contributed by atoms with E-state index >= 15 is 0 Å². The van der Waals surface area contributed by atoms with Gasteiger partial charge in [0.2, 0.25) is 0 Å². The van der Waals surface area contributed by atoms with Crippen LogP contribution in [0.3, 0.4) is 0 Å². The second-order valence-corrected chi connectivity index (χ2v) is 22.0.